The lowest BCUT2D eigenvalue weighted by Gasteiger charge is -2.20. The SMILES string of the molecule is CCN(C(=O)c1cc(Nc2c(F)cccc2F)ncn1)c1ccccc1. The number of halogens is 2. The fraction of sp³-hybridized carbons (Fsp3) is 0.105. The maximum Gasteiger partial charge on any atom is 0.277 e. The van der Waals surface area contributed by atoms with Gasteiger partial charge in [0.25, 0.3) is 5.91 Å². The summed E-state index contributed by atoms with van der Waals surface area (Å²) in [5.41, 5.74) is 0.512. The monoisotopic (exact) mass is 354 g/mol. The Hall–Kier alpha value is -3.35. The van der Waals surface area contributed by atoms with E-state index in [9.17, 15) is 13.6 Å². The van der Waals surface area contributed by atoms with Crippen LogP contribution in [-0.2, 0) is 0 Å². The second-order valence-corrected chi connectivity index (χ2v) is 5.40. The predicted molar refractivity (Wildman–Crippen MR) is 95.5 cm³/mol. The molecule has 3 rings (SSSR count). The lowest BCUT2D eigenvalue weighted by atomic mass is 10.2. The quantitative estimate of drug-likeness (QED) is 0.747. The van der Waals surface area contributed by atoms with Gasteiger partial charge < -0.3 is 10.2 Å². The Morgan fingerprint density at radius 1 is 1.04 bits per heavy atom. The molecule has 2 aromatic carbocycles. The lowest BCUT2D eigenvalue weighted by Crippen LogP contribution is -2.31. The third-order valence-electron chi connectivity index (χ3n) is 3.73. The predicted octanol–water partition coefficient (Wildman–Crippen LogP) is 4.17. The van der Waals surface area contributed by atoms with Crippen molar-refractivity contribution < 1.29 is 13.6 Å². The van der Waals surface area contributed by atoms with Gasteiger partial charge in [0.2, 0.25) is 0 Å². The van der Waals surface area contributed by atoms with E-state index in [2.05, 4.69) is 15.3 Å². The van der Waals surface area contributed by atoms with Crippen LogP contribution in [-0.4, -0.2) is 22.4 Å². The fourth-order valence-corrected chi connectivity index (χ4v) is 2.48. The molecule has 0 saturated carbocycles. The molecule has 132 valence electrons. The van der Waals surface area contributed by atoms with Gasteiger partial charge in [0.1, 0.15) is 35.2 Å². The number of aromatic nitrogens is 2. The highest BCUT2D eigenvalue weighted by atomic mass is 19.1. The normalized spacial score (nSPS) is 10.4. The molecule has 1 N–H and O–H groups in total. The Morgan fingerprint density at radius 2 is 1.73 bits per heavy atom. The summed E-state index contributed by atoms with van der Waals surface area (Å²) in [6.45, 7) is 2.29. The molecule has 0 spiro atoms. The number of hydrogen-bond acceptors (Lipinski definition) is 4. The Morgan fingerprint density at radius 3 is 2.38 bits per heavy atom. The van der Waals surface area contributed by atoms with E-state index in [1.807, 2.05) is 37.3 Å². The highest BCUT2D eigenvalue weighted by Crippen LogP contribution is 2.23. The maximum absolute atomic E-state index is 13.8. The molecule has 0 saturated heterocycles. The van der Waals surface area contributed by atoms with Gasteiger partial charge in [-0.05, 0) is 31.2 Å². The Balaban J connectivity index is 1.88. The number of amides is 1. The second-order valence-electron chi connectivity index (χ2n) is 5.40. The zero-order chi connectivity index (χ0) is 18.5. The van der Waals surface area contributed by atoms with Gasteiger partial charge in [-0.3, -0.25) is 4.79 Å². The third-order valence-corrected chi connectivity index (χ3v) is 3.73. The molecule has 0 aliphatic rings. The van der Waals surface area contributed by atoms with Crippen LogP contribution in [0.2, 0.25) is 0 Å². The first kappa shape index (κ1) is 17.5. The van der Waals surface area contributed by atoms with Gasteiger partial charge in [-0.15, -0.1) is 0 Å². The number of benzene rings is 2. The molecule has 1 aromatic heterocycles. The first-order valence-corrected chi connectivity index (χ1v) is 8.00. The van der Waals surface area contributed by atoms with E-state index < -0.39 is 11.6 Å². The van der Waals surface area contributed by atoms with E-state index in [0.29, 0.717) is 6.54 Å². The van der Waals surface area contributed by atoms with Crippen molar-refractivity contribution in [3.05, 3.63) is 78.3 Å². The van der Waals surface area contributed by atoms with E-state index in [1.165, 1.54) is 18.5 Å². The van der Waals surface area contributed by atoms with Crippen LogP contribution in [0.4, 0.5) is 26.0 Å². The largest absolute Gasteiger partial charge is 0.335 e. The molecule has 0 aliphatic heterocycles. The molecule has 3 aromatic rings. The molecule has 1 amide bonds. The molecule has 0 aliphatic carbocycles. The zero-order valence-corrected chi connectivity index (χ0v) is 14.0. The summed E-state index contributed by atoms with van der Waals surface area (Å²) in [6.07, 6.45) is 1.17. The van der Waals surface area contributed by atoms with Crippen molar-refractivity contribution in [1.29, 1.82) is 0 Å². The van der Waals surface area contributed by atoms with Gasteiger partial charge in [-0.2, -0.15) is 0 Å². The van der Waals surface area contributed by atoms with Crippen molar-refractivity contribution in [3.63, 3.8) is 0 Å². The average molecular weight is 354 g/mol. The van der Waals surface area contributed by atoms with Crippen LogP contribution in [0, 0.1) is 11.6 Å². The van der Waals surface area contributed by atoms with Crippen LogP contribution in [0.15, 0.2) is 60.9 Å². The molecule has 0 atom stereocenters. The summed E-state index contributed by atoms with van der Waals surface area (Å²) >= 11 is 0. The van der Waals surface area contributed by atoms with Crippen LogP contribution in [0.25, 0.3) is 0 Å². The second kappa shape index (κ2) is 7.69. The number of anilines is 3. The van der Waals surface area contributed by atoms with Crippen molar-refractivity contribution in [3.8, 4) is 0 Å². The van der Waals surface area contributed by atoms with Crippen LogP contribution < -0.4 is 10.2 Å². The molecule has 0 bridgehead atoms. The van der Waals surface area contributed by atoms with Crippen molar-refractivity contribution in [2.45, 2.75) is 6.92 Å². The molecular weight excluding hydrogens is 338 g/mol. The number of para-hydroxylation sites is 2. The van der Waals surface area contributed by atoms with Gasteiger partial charge in [0.15, 0.2) is 0 Å². The first-order chi connectivity index (χ1) is 12.6. The van der Waals surface area contributed by atoms with Crippen LogP contribution in [0.1, 0.15) is 17.4 Å². The summed E-state index contributed by atoms with van der Waals surface area (Å²) < 4.78 is 27.6. The van der Waals surface area contributed by atoms with Gasteiger partial charge in [-0.1, -0.05) is 24.3 Å². The summed E-state index contributed by atoms with van der Waals surface area (Å²) in [7, 11) is 0. The molecule has 1 heterocycles. The minimum absolute atomic E-state index is 0.116. The minimum Gasteiger partial charge on any atom is -0.335 e. The van der Waals surface area contributed by atoms with Gasteiger partial charge in [0.05, 0.1) is 0 Å². The van der Waals surface area contributed by atoms with Gasteiger partial charge >= 0.3 is 0 Å². The summed E-state index contributed by atoms with van der Waals surface area (Å²) in [6, 6.07) is 14.0. The smallest absolute Gasteiger partial charge is 0.277 e. The zero-order valence-electron chi connectivity index (χ0n) is 14.0. The van der Waals surface area contributed by atoms with E-state index >= 15 is 0 Å². The number of nitrogens with one attached hydrogen (secondary N) is 1. The average Bonchev–Trinajstić information content (AvgIpc) is 2.66. The number of rotatable bonds is 5. The maximum atomic E-state index is 13.8. The van der Waals surface area contributed by atoms with E-state index in [-0.39, 0.29) is 23.1 Å². The van der Waals surface area contributed by atoms with Gasteiger partial charge in [0, 0.05) is 18.3 Å². The highest BCUT2D eigenvalue weighted by molar-refractivity contribution is 6.05. The van der Waals surface area contributed by atoms with E-state index in [4.69, 9.17) is 0 Å². The number of carbonyl (C=O) groups is 1. The number of hydrogen-bond donors (Lipinski definition) is 1. The van der Waals surface area contributed by atoms with Crippen LogP contribution in [0.3, 0.4) is 0 Å². The summed E-state index contributed by atoms with van der Waals surface area (Å²) in [5, 5.41) is 2.56. The van der Waals surface area contributed by atoms with Crippen molar-refractivity contribution in [2.75, 3.05) is 16.8 Å². The molecular formula is C19H16F2N4O. The van der Waals surface area contributed by atoms with E-state index in [1.54, 1.807) is 4.90 Å². The van der Waals surface area contributed by atoms with Crippen molar-refractivity contribution >= 4 is 23.1 Å². The van der Waals surface area contributed by atoms with E-state index in [0.717, 1.165) is 17.8 Å². The van der Waals surface area contributed by atoms with Crippen molar-refractivity contribution in [2.24, 2.45) is 0 Å². The first-order valence-electron chi connectivity index (χ1n) is 8.00. The summed E-state index contributed by atoms with van der Waals surface area (Å²) in [4.78, 5) is 22.2. The molecule has 0 radical (unpaired) electrons. The number of carbonyl (C=O) groups excluding carboxylic acids is 1. The summed E-state index contributed by atoms with van der Waals surface area (Å²) in [5.74, 6) is -1.72. The molecule has 5 nitrogen and oxygen atoms in total. The Labute approximate surface area is 149 Å². The minimum atomic E-state index is -0.754. The molecule has 26 heavy (non-hydrogen) atoms. The lowest BCUT2D eigenvalue weighted by molar-refractivity contribution is 0.0983. The highest BCUT2D eigenvalue weighted by Gasteiger charge is 2.18. The Kier molecular flexibility index (Phi) is 5.17. The van der Waals surface area contributed by atoms with Crippen LogP contribution >= 0.6 is 0 Å². The standard InChI is InChI=1S/C19H16F2N4O/c1-2-25(13-7-4-3-5-8-13)19(26)16-11-17(23-12-22-16)24-18-14(20)9-6-10-15(18)21/h3-12H,2H2,1H3,(H,22,23,24). The molecule has 0 unspecified atom stereocenters. The Bertz CT molecular complexity index is 898. The fourth-order valence-electron chi connectivity index (χ4n) is 2.48. The van der Waals surface area contributed by atoms with Gasteiger partial charge in [-0.25, -0.2) is 18.7 Å². The molecule has 0 fully saturated rings. The third kappa shape index (κ3) is 3.66. The van der Waals surface area contributed by atoms with Crippen LogP contribution in [0.5, 0.6) is 0 Å². The number of nitrogens with zero attached hydrogens (tertiary/aromatic N) is 3. The molecule has 7 heteroatoms. The van der Waals surface area contributed by atoms with Crippen molar-refractivity contribution in [1.82, 2.24) is 9.97 Å². The topological polar surface area (TPSA) is 58.1 Å².